The van der Waals surface area contributed by atoms with E-state index in [0.717, 1.165) is 6.92 Å². The number of nitrogens with one attached hydrogen (secondary N) is 1. The summed E-state index contributed by atoms with van der Waals surface area (Å²) in [5.41, 5.74) is 0. The van der Waals surface area contributed by atoms with E-state index in [9.17, 15) is 148 Å². The van der Waals surface area contributed by atoms with Crippen LogP contribution in [0.4, 0.5) is 0 Å². The Morgan fingerprint density at radius 3 is 0.854 bits per heavy atom. The van der Waals surface area contributed by atoms with Gasteiger partial charge in [-0.2, -0.15) is 0 Å². The third-order valence-electron chi connectivity index (χ3n) is 19.2. The van der Waals surface area contributed by atoms with Crippen molar-refractivity contribution in [3.05, 3.63) is 0 Å². The molecule has 0 radical (unpaired) electrons. The monoisotopic (exact) mass is 1520 g/mol. The first-order valence-corrected chi connectivity index (χ1v) is 32.7. The summed E-state index contributed by atoms with van der Waals surface area (Å²) in [5.74, 6) is -0.847. The second-order valence-corrected chi connectivity index (χ2v) is 26.0. The minimum absolute atomic E-state index is 0.847. The lowest BCUT2D eigenvalue weighted by atomic mass is 9.94. The Balaban J connectivity index is 1.01. The third-order valence-corrected chi connectivity index (χ3v) is 19.2. The molecule has 0 aromatic rings. The fourth-order valence-corrected chi connectivity index (χ4v) is 13.2. The molecule has 9 rings (SSSR count). The number of hydrogen-bond donors (Lipinski definition) is 29. The number of amides is 1. The lowest BCUT2D eigenvalue weighted by molar-refractivity contribution is -0.410. The van der Waals surface area contributed by atoms with Gasteiger partial charge >= 0.3 is 0 Å². The topological polar surface area (TPSA) is 752 Å². The Labute approximate surface area is 581 Å². The van der Waals surface area contributed by atoms with Crippen molar-refractivity contribution in [2.24, 2.45) is 0 Å². The molecule has 103 heavy (non-hydrogen) atoms. The van der Waals surface area contributed by atoms with Crippen LogP contribution < -0.4 is 5.32 Å². The summed E-state index contributed by atoms with van der Waals surface area (Å²) in [5, 5.41) is 309. The zero-order valence-corrected chi connectivity index (χ0v) is 54.2. The predicted octanol–water partition coefficient (Wildman–Crippen LogP) is -20.5. The van der Waals surface area contributed by atoms with Gasteiger partial charge in [-0.25, -0.2) is 0 Å². The van der Waals surface area contributed by atoms with Crippen molar-refractivity contribution >= 4 is 5.91 Å². The molecule has 9 aliphatic heterocycles. The number of hydrogen-bond acceptors (Lipinski definition) is 46. The molecule has 0 aliphatic carbocycles. The molecule has 600 valence electrons. The molecule has 9 aliphatic rings. The first kappa shape index (κ1) is 84.7. The summed E-state index contributed by atoms with van der Waals surface area (Å²) < 4.78 is 98.0. The summed E-state index contributed by atoms with van der Waals surface area (Å²) in [6, 6.07) is -1.76. The van der Waals surface area contributed by atoms with E-state index < -0.39 is 342 Å². The molecule has 0 aromatic carbocycles. The van der Waals surface area contributed by atoms with Gasteiger partial charge in [0.15, 0.2) is 56.6 Å². The summed E-state index contributed by atoms with van der Waals surface area (Å²) in [7, 11) is 0. The Hall–Kier alpha value is -2.33. The molecule has 0 aromatic heterocycles. The first-order valence-electron chi connectivity index (χ1n) is 32.7. The van der Waals surface area contributed by atoms with Gasteiger partial charge in [0.1, 0.15) is 220 Å². The van der Waals surface area contributed by atoms with Crippen molar-refractivity contribution in [2.75, 3.05) is 59.5 Å². The number of carbonyl (C=O) groups excluding carboxylic acids is 1. The number of ether oxygens (including phenoxy) is 17. The van der Waals surface area contributed by atoms with Crippen LogP contribution in [-0.2, 0) is 85.3 Å². The molecule has 9 saturated heterocycles. The fourth-order valence-electron chi connectivity index (χ4n) is 13.2. The van der Waals surface area contributed by atoms with E-state index in [-0.39, 0.29) is 0 Å². The highest BCUT2D eigenvalue weighted by Gasteiger charge is 2.61. The highest BCUT2D eigenvalue weighted by molar-refractivity contribution is 5.73. The molecular weight excluding hydrogens is 1420 g/mol. The van der Waals surface area contributed by atoms with E-state index in [1.807, 2.05) is 0 Å². The van der Waals surface area contributed by atoms with Gasteiger partial charge in [0.05, 0.1) is 59.5 Å². The largest absolute Gasteiger partial charge is 0.394 e. The predicted molar refractivity (Wildman–Crippen MR) is 309 cm³/mol. The maximum atomic E-state index is 12.4. The maximum absolute atomic E-state index is 12.4. The van der Waals surface area contributed by atoms with Gasteiger partial charge < -0.3 is 229 Å². The van der Waals surface area contributed by atoms with Crippen LogP contribution in [0.3, 0.4) is 0 Å². The van der Waals surface area contributed by atoms with Crippen LogP contribution in [0.25, 0.3) is 0 Å². The Morgan fingerprint density at radius 1 is 0.252 bits per heavy atom. The molecule has 29 N–H and O–H groups in total. The van der Waals surface area contributed by atoms with Gasteiger partial charge in [0.25, 0.3) is 0 Å². The lowest BCUT2D eigenvalue weighted by Crippen LogP contribution is -2.69. The standard InChI is InChI=1S/C56H95NO46/c1-11(66)57-21-30(75)41(19(9-65)88-48(21)86)97-53-40(85)44(29(74)20(96-53)10-87-49-38(83)42(27(72)17(7-63)89-49)99-54-45(33(78)24(69)14(4-60)93-54)101-51-37(82)32(77)23(68)13(3-59)91-51)100-55-47(35(80)26(71)15(5-61)94-55)103-56-46(34(79)25(70)16(6-62)95-56)102-52-39(84)43(28(73)18(8-64)92-52)98-50-36(81)31(76)22(67)12(2-58)90-50/h12-56,58-65,67-86H,2-10H2,1H3,(H,57,66)/t12-,13-,14-,15-,16-,17-,18-,19-,20-,21-,22-,23-,24-,25-,26-,27-,28-,29-,30-,31+,32+,33-,34+,35+,36-,37+,38+,39+,40+,41-,42+,43+,44+,45+,46+,47+,48?,49+,50-,51-,52-,53+,54-,55-,56-/m1/s1. The second-order valence-electron chi connectivity index (χ2n) is 26.0. The van der Waals surface area contributed by atoms with Gasteiger partial charge in [-0.1, -0.05) is 0 Å². The zero-order chi connectivity index (χ0) is 75.6. The van der Waals surface area contributed by atoms with Crippen LogP contribution in [0.2, 0.25) is 0 Å². The summed E-state index contributed by atoms with van der Waals surface area (Å²) in [6.07, 6.45) is -93.4. The molecule has 47 heteroatoms. The van der Waals surface area contributed by atoms with Gasteiger partial charge in [0, 0.05) is 6.92 Å². The van der Waals surface area contributed by atoms with Gasteiger partial charge in [-0.15, -0.1) is 0 Å². The van der Waals surface area contributed by atoms with Crippen LogP contribution in [0.5, 0.6) is 0 Å². The SMILES string of the molecule is CC(=O)N[C@H]1C(O)O[C@H](CO)[C@@H](O[C@@H]2O[C@H](CO[C@H]3O[C@H](CO)[C@@H](O)[C@H](O[C@H]4O[C@H](CO)[C@@H](O)[C@@H](O)[C@@H]4O[C@H]4O[C@H](CO)[C@@H](O)[C@H](O)[C@@H]4O)[C@@H]3O)[C@@H](O)[C@H](O[C@H]3O[C@H](CO)[C@@H](O)[C@H](O)[C@@H]3O[C@H]3O[C@H](CO)[C@@H](O)[C@H](O)[C@@H]3O[C@H]3O[C@H](CO)[C@@H](O)[C@H](O[C@H]4O[C@H](CO)[C@@H](O)[C@H](O)[C@H]4O)[C@@H]3O)[C@@H]2O)[C@@H]1O. The number of carbonyl (C=O) groups is 1. The van der Waals surface area contributed by atoms with E-state index in [0.29, 0.717) is 0 Å². The number of rotatable bonds is 26. The van der Waals surface area contributed by atoms with E-state index >= 15 is 0 Å². The zero-order valence-electron chi connectivity index (χ0n) is 54.2. The normalized spacial score (nSPS) is 52.4. The number of aliphatic hydroxyl groups excluding tert-OH is 28. The van der Waals surface area contributed by atoms with Gasteiger partial charge in [-0.3, -0.25) is 4.79 Å². The van der Waals surface area contributed by atoms with Crippen LogP contribution in [0.1, 0.15) is 6.92 Å². The lowest BCUT2D eigenvalue weighted by Gasteiger charge is -2.50. The third kappa shape index (κ3) is 17.9. The Kier molecular flexibility index (Phi) is 30.2. The molecule has 0 saturated carbocycles. The van der Waals surface area contributed by atoms with Crippen LogP contribution >= 0.6 is 0 Å². The molecule has 45 atom stereocenters. The van der Waals surface area contributed by atoms with Crippen molar-refractivity contribution in [1.29, 1.82) is 0 Å². The molecule has 9 fully saturated rings. The molecule has 1 unspecified atom stereocenters. The first-order chi connectivity index (χ1) is 48.8. The fraction of sp³-hybridized carbons (Fsp3) is 0.982. The highest BCUT2D eigenvalue weighted by atomic mass is 16.8. The molecule has 0 spiro atoms. The summed E-state index contributed by atoms with van der Waals surface area (Å²) in [4.78, 5) is 12.3. The van der Waals surface area contributed by atoms with E-state index in [1.165, 1.54) is 0 Å². The van der Waals surface area contributed by atoms with E-state index in [4.69, 9.17) is 80.5 Å². The average Bonchev–Trinajstić information content (AvgIpc) is 0.782. The van der Waals surface area contributed by atoms with Crippen molar-refractivity contribution in [2.45, 2.75) is 283 Å². The van der Waals surface area contributed by atoms with Crippen molar-refractivity contribution in [1.82, 2.24) is 5.32 Å². The van der Waals surface area contributed by atoms with Crippen molar-refractivity contribution < 1.29 is 228 Å². The Bertz CT molecular complexity index is 2590. The highest BCUT2D eigenvalue weighted by Crippen LogP contribution is 2.40. The quantitative estimate of drug-likeness (QED) is 0.0382. The van der Waals surface area contributed by atoms with Gasteiger partial charge in [0.2, 0.25) is 5.91 Å². The molecule has 0 bridgehead atoms. The maximum Gasteiger partial charge on any atom is 0.217 e. The van der Waals surface area contributed by atoms with Crippen LogP contribution in [0, 0.1) is 0 Å². The average molecular weight is 1520 g/mol. The van der Waals surface area contributed by atoms with Crippen molar-refractivity contribution in [3.63, 3.8) is 0 Å². The molecule has 1 amide bonds. The second kappa shape index (κ2) is 36.7. The van der Waals surface area contributed by atoms with E-state index in [2.05, 4.69) is 5.32 Å². The van der Waals surface area contributed by atoms with Gasteiger partial charge in [-0.05, 0) is 0 Å². The van der Waals surface area contributed by atoms with Crippen LogP contribution in [-0.4, -0.2) is 485 Å². The summed E-state index contributed by atoms with van der Waals surface area (Å²) >= 11 is 0. The van der Waals surface area contributed by atoms with E-state index in [1.54, 1.807) is 0 Å². The molecule has 9 heterocycles. The minimum atomic E-state index is -2.51. The minimum Gasteiger partial charge on any atom is -0.394 e. The van der Waals surface area contributed by atoms with Crippen LogP contribution in [0.15, 0.2) is 0 Å². The Morgan fingerprint density at radius 2 is 0.505 bits per heavy atom. The van der Waals surface area contributed by atoms with Crippen molar-refractivity contribution in [3.8, 4) is 0 Å². The molecule has 47 nitrogen and oxygen atoms in total. The molecular formula is C56H95NO46. The smallest absolute Gasteiger partial charge is 0.217 e. The number of aliphatic hydroxyl groups is 28. The summed E-state index contributed by atoms with van der Waals surface area (Å²) in [6.45, 7) is -8.82.